The van der Waals surface area contributed by atoms with E-state index in [1.807, 2.05) is 6.08 Å². The number of hydrogen-bond acceptors (Lipinski definition) is 4. The molecule has 0 aliphatic carbocycles. The van der Waals surface area contributed by atoms with E-state index >= 15 is 0 Å². The second kappa shape index (κ2) is 7.43. The van der Waals surface area contributed by atoms with Crippen LogP contribution in [0.25, 0.3) is 0 Å². The number of nitrogens with zero attached hydrogens (tertiary/aromatic N) is 2. The quantitative estimate of drug-likeness (QED) is 0.560. The molecule has 0 radical (unpaired) electrons. The molecule has 0 aromatic carbocycles. The van der Waals surface area contributed by atoms with Crippen LogP contribution in [-0.4, -0.2) is 24.7 Å². The summed E-state index contributed by atoms with van der Waals surface area (Å²) in [4.78, 5) is 4.08. The summed E-state index contributed by atoms with van der Waals surface area (Å²) in [6.45, 7) is 5.52. The molecule has 0 saturated carbocycles. The lowest BCUT2D eigenvalue weighted by Crippen LogP contribution is -2.11. The van der Waals surface area contributed by atoms with Gasteiger partial charge >= 0.3 is 0 Å². The van der Waals surface area contributed by atoms with Crippen LogP contribution in [0, 0.1) is 11.3 Å². The highest BCUT2D eigenvalue weighted by molar-refractivity contribution is 5.50. The third-order valence-corrected chi connectivity index (χ3v) is 1.93. The van der Waals surface area contributed by atoms with Gasteiger partial charge in [-0.3, -0.25) is 0 Å². The molecular weight excluding hydrogens is 202 g/mol. The standard InChI is InChI=1S/C12H15N3O/c1-2-3-8-16-9-7-15-12-11(10-13)5-4-6-14-12/h2,4-6H,1,3,7-9H2,(H,14,15). The highest BCUT2D eigenvalue weighted by Gasteiger charge is 2.00. The van der Waals surface area contributed by atoms with Gasteiger partial charge in [0, 0.05) is 12.7 Å². The molecule has 1 N–H and O–H groups in total. The van der Waals surface area contributed by atoms with Crippen LogP contribution in [-0.2, 0) is 4.74 Å². The van der Waals surface area contributed by atoms with Gasteiger partial charge in [0.15, 0.2) is 0 Å². The number of nitriles is 1. The summed E-state index contributed by atoms with van der Waals surface area (Å²) in [5.74, 6) is 0.609. The number of aromatic nitrogens is 1. The lowest BCUT2D eigenvalue weighted by Gasteiger charge is -2.06. The summed E-state index contributed by atoms with van der Waals surface area (Å²) < 4.78 is 5.32. The largest absolute Gasteiger partial charge is 0.379 e. The summed E-state index contributed by atoms with van der Waals surface area (Å²) >= 11 is 0. The van der Waals surface area contributed by atoms with Crippen LogP contribution in [0.1, 0.15) is 12.0 Å². The van der Waals surface area contributed by atoms with Crippen LogP contribution in [0.3, 0.4) is 0 Å². The number of rotatable bonds is 7. The fraction of sp³-hybridized carbons (Fsp3) is 0.333. The van der Waals surface area contributed by atoms with Crippen molar-refractivity contribution in [1.29, 1.82) is 5.26 Å². The minimum atomic E-state index is 0.550. The van der Waals surface area contributed by atoms with Crippen LogP contribution in [0.2, 0.25) is 0 Å². The molecule has 1 aromatic rings. The molecular formula is C12H15N3O. The molecule has 4 nitrogen and oxygen atoms in total. The van der Waals surface area contributed by atoms with Gasteiger partial charge < -0.3 is 10.1 Å². The Morgan fingerprint density at radius 2 is 2.44 bits per heavy atom. The van der Waals surface area contributed by atoms with Crippen LogP contribution >= 0.6 is 0 Å². The number of hydrogen-bond donors (Lipinski definition) is 1. The maximum absolute atomic E-state index is 8.82. The molecule has 0 fully saturated rings. The molecule has 84 valence electrons. The molecule has 16 heavy (non-hydrogen) atoms. The van der Waals surface area contributed by atoms with Gasteiger partial charge in [-0.25, -0.2) is 4.98 Å². The third kappa shape index (κ3) is 4.11. The van der Waals surface area contributed by atoms with Crippen molar-refractivity contribution in [2.24, 2.45) is 0 Å². The molecule has 1 heterocycles. The van der Waals surface area contributed by atoms with Crippen molar-refractivity contribution in [3.8, 4) is 6.07 Å². The Kier molecular flexibility index (Phi) is 5.67. The Morgan fingerprint density at radius 1 is 1.56 bits per heavy atom. The summed E-state index contributed by atoms with van der Waals surface area (Å²) in [5, 5.41) is 11.9. The van der Waals surface area contributed by atoms with Crippen LogP contribution in [0.4, 0.5) is 5.82 Å². The number of ether oxygens (including phenoxy) is 1. The average Bonchev–Trinajstić information content (AvgIpc) is 2.34. The smallest absolute Gasteiger partial charge is 0.143 e. The van der Waals surface area contributed by atoms with E-state index in [0.717, 1.165) is 6.42 Å². The topological polar surface area (TPSA) is 57.9 Å². The van der Waals surface area contributed by atoms with Gasteiger partial charge in [-0.2, -0.15) is 5.26 Å². The highest BCUT2D eigenvalue weighted by Crippen LogP contribution is 2.08. The van der Waals surface area contributed by atoms with E-state index in [-0.39, 0.29) is 0 Å². The van der Waals surface area contributed by atoms with E-state index in [9.17, 15) is 0 Å². The van der Waals surface area contributed by atoms with Gasteiger partial charge in [-0.15, -0.1) is 6.58 Å². The monoisotopic (exact) mass is 217 g/mol. The zero-order valence-electron chi connectivity index (χ0n) is 9.15. The van der Waals surface area contributed by atoms with E-state index in [1.165, 1.54) is 0 Å². The average molecular weight is 217 g/mol. The Labute approximate surface area is 95.6 Å². The first-order valence-corrected chi connectivity index (χ1v) is 5.16. The number of anilines is 1. The van der Waals surface area contributed by atoms with Gasteiger partial charge in [-0.1, -0.05) is 6.08 Å². The lowest BCUT2D eigenvalue weighted by molar-refractivity contribution is 0.149. The molecule has 0 atom stereocenters. The minimum Gasteiger partial charge on any atom is -0.379 e. The van der Waals surface area contributed by atoms with Gasteiger partial charge in [0.2, 0.25) is 0 Å². The maximum Gasteiger partial charge on any atom is 0.143 e. The molecule has 0 saturated heterocycles. The van der Waals surface area contributed by atoms with Crippen molar-refractivity contribution < 1.29 is 4.74 Å². The van der Waals surface area contributed by atoms with E-state index in [0.29, 0.717) is 31.1 Å². The van der Waals surface area contributed by atoms with Crippen LogP contribution < -0.4 is 5.32 Å². The molecule has 1 rings (SSSR count). The van der Waals surface area contributed by atoms with Gasteiger partial charge in [0.25, 0.3) is 0 Å². The lowest BCUT2D eigenvalue weighted by atomic mass is 10.3. The van der Waals surface area contributed by atoms with Crippen LogP contribution in [0.15, 0.2) is 31.0 Å². The van der Waals surface area contributed by atoms with E-state index < -0.39 is 0 Å². The number of pyridine rings is 1. The van der Waals surface area contributed by atoms with Crippen molar-refractivity contribution in [2.45, 2.75) is 6.42 Å². The van der Waals surface area contributed by atoms with Crippen molar-refractivity contribution >= 4 is 5.82 Å². The first-order chi connectivity index (χ1) is 7.88. The van der Waals surface area contributed by atoms with Crippen molar-refractivity contribution in [2.75, 3.05) is 25.1 Å². The molecule has 0 bridgehead atoms. The van der Waals surface area contributed by atoms with Gasteiger partial charge in [0.05, 0.1) is 18.8 Å². The summed E-state index contributed by atoms with van der Waals surface area (Å²) in [6.07, 6.45) is 4.33. The van der Waals surface area contributed by atoms with E-state index in [2.05, 4.69) is 22.9 Å². The Hall–Kier alpha value is -1.86. The van der Waals surface area contributed by atoms with Crippen molar-refractivity contribution in [1.82, 2.24) is 4.98 Å². The fourth-order valence-corrected chi connectivity index (χ4v) is 1.15. The zero-order chi connectivity index (χ0) is 11.6. The van der Waals surface area contributed by atoms with Gasteiger partial charge in [0.1, 0.15) is 11.9 Å². The third-order valence-electron chi connectivity index (χ3n) is 1.93. The van der Waals surface area contributed by atoms with Crippen LogP contribution in [0.5, 0.6) is 0 Å². The van der Waals surface area contributed by atoms with E-state index in [1.54, 1.807) is 18.3 Å². The van der Waals surface area contributed by atoms with Gasteiger partial charge in [-0.05, 0) is 18.6 Å². The molecule has 0 amide bonds. The Balaban J connectivity index is 2.27. The molecule has 0 aliphatic rings. The SMILES string of the molecule is C=CCCOCCNc1ncccc1C#N. The highest BCUT2D eigenvalue weighted by atomic mass is 16.5. The summed E-state index contributed by atoms with van der Waals surface area (Å²) in [6, 6.07) is 5.55. The molecule has 4 heteroatoms. The molecule has 0 unspecified atom stereocenters. The van der Waals surface area contributed by atoms with E-state index in [4.69, 9.17) is 10.00 Å². The number of nitrogens with one attached hydrogen (secondary N) is 1. The first-order valence-electron chi connectivity index (χ1n) is 5.16. The predicted octanol–water partition coefficient (Wildman–Crippen LogP) is 1.96. The summed E-state index contributed by atoms with van der Waals surface area (Å²) in [5.41, 5.74) is 0.550. The molecule has 0 spiro atoms. The van der Waals surface area contributed by atoms with Crippen molar-refractivity contribution in [3.63, 3.8) is 0 Å². The van der Waals surface area contributed by atoms with Crippen molar-refractivity contribution in [3.05, 3.63) is 36.5 Å². The second-order valence-corrected chi connectivity index (χ2v) is 3.13. The normalized spacial score (nSPS) is 9.44. The Bertz CT molecular complexity index is 371. The first kappa shape index (κ1) is 12.2. The molecule has 1 aromatic heterocycles. The summed E-state index contributed by atoms with van der Waals surface area (Å²) in [7, 11) is 0. The second-order valence-electron chi connectivity index (χ2n) is 3.13. The zero-order valence-corrected chi connectivity index (χ0v) is 9.15. The molecule has 0 aliphatic heterocycles. The fourth-order valence-electron chi connectivity index (χ4n) is 1.15. The minimum absolute atomic E-state index is 0.550. The maximum atomic E-state index is 8.82. The predicted molar refractivity (Wildman–Crippen MR) is 63.1 cm³/mol. The Morgan fingerprint density at radius 3 is 3.19 bits per heavy atom.